The number of hydrogen-bond acceptors (Lipinski definition) is 1. The van der Waals surface area contributed by atoms with E-state index >= 15 is 0 Å². The monoisotopic (exact) mass is 157 g/mol. The van der Waals surface area contributed by atoms with E-state index in [9.17, 15) is 4.39 Å². The van der Waals surface area contributed by atoms with Crippen molar-refractivity contribution in [1.29, 1.82) is 0 Å². The lowest BCUT2D eigenvalue weighted by Gasteiger charge is -2.12. The van der Waals surface area contributed by atoms with E-state index in [1.54, 1.807) is 6.08 Å². The summed E-state index contributed by atoms with van der Waals surface area (Å²) >= 11 is 0. The maximum Gasteiger partial charge on any atom is 0.134 e. The Morgan fingerprint density at radius 1 is 1.64 bits per heavy atom. The van der Waals surface area contributed by atoms with Crippen LogP contribution in [0, 0.1) is 0 Å². The molecule has 0 saturated carbocycles. The molecular formula is C9H16FN. The molecule has 1 aliphatic heterocycles. The predicted molar refractivity (Wildman–Crippen MR) is 45.4 cm³/mol. The van der Waals surface area contributed by atoms with E-state index in [1.807, 2.05) is 13.8 Å². The van der Waals surface area contributed by atoms with Gasteiger partial charge in [0.15, 0.2) is 0 Å². The van der Waals surface area contributed by atoms with Crippen LogP contribution >= 0.6 is 0 Å². The number of hydrogen-bond donors (Lipinski definition) is 1. The van der Waals surface area contributed by atoms with Gasteiger partial charge in [-0.3, -0.25) is 0 Å². The number of alkyl halides is 1. The molecule has 0 aromatic rings. The minimum atomic E-state index is -0.789. The summed E-state index contributed by atoms with van der Waals surface area (Å²) < 4.78 is 13.2. The third-order valence-electron chi connectivity index (χ3n) is 1.98. The van der Waals surface area contributed by atoms with Crippen molar-refractivity contribution < 1.29 is 4.39 Å². The molecular weight excluding hydrogens is 141 g/mol. The van der Waals surface area contributed by atoms with Gasteiger partial charge in [-0.15, -0.1) is 0 Å². The topological polar surface area (TPSA) is 12.0 Å². The van der Waals surface area contributed by atoms with E-state index in [0.29, 0.717) is 0 Å². The Labute approximate surface area is 67.7 Å². The lowest BCUT2D eigenvalue weighted by Crippen LogP contribution is -2.30. The molecule has 2 heteroatoms. The molecule has 0 radical (unpaired) electrons. The van der Waals surface area contributed by atoms with Gasteiger partial charge in [-0.25, -0.2) is 4.39 Å². The first-order valence-corrected chi connectivity index (χ1v) is 4.22. The standard InChI is InChI=1S/C9H16FN/c1-7(2)6-8(10)9-4-3-5-11-9/h6,8-9,11H,3-5H2,1-2H3. The molecule has 0 aromatic carbocycles. The van der Waals surface area contributed by atoms with Crippen molar-refractivity contribution >= 4 is 0 Å². The Morgan fingerprint density at radius 2 is 2.36 bits per heavy atom. The molecule has 1 fully saturated rings. The van der Waals surface area contributed by atoms with Crippen molar-refractivity contribution in [3.8, 4) is 0 Å². The van der Waals surface area contributed by atoms with Crippen molar-refractivity contribution in [2.45, 2.75) is 38.9 Å². The summed E-state index contributed by atoms with van der Waals surface area (Å²) in [7, 11) is 0. The van der Waals surface area contributed by atoms with Crippen molar-refractivity contribution in [2.75, 3.05) is 6.54 Å². The Kier molecular flexibility index (Phi) is 3.06. The number of halogens is 1. The van der Waals surface area contributed by atoms with Crippen LogP contribution in [0.4, 0.5) is 4.39 Å². The van der Waals surface area contributed by atoms with Crippen LogP contribution in [0.5, 0.6) is 0 Å². The Bertz CT molecular complexity index is 144. The molecule has 1 N–H and O–H groups in total. The van der Waals surface area contributed by atoms with Crippen molar-refractivity contribution in [1.82, 2.24) is 5.32 Å². The lowest BCUT2D eigenvalue weighted by molar-refractivity contribution is 0.320. The average molecular weight is 157 g/mol. The molecule has 2 unspecified atom stereocenters. The average Bonchev–Trinajstić information content (AvgIpc) is 2.35. The minimum Gasteiger partial charge on any atom is -0.311 e. The smallest absolute Gasteiger partial charge is 0.134 e. The molecule has 11 heavy (non-hydrogen) atoms. The van der Waals surface area contributed by atoms with Crippen LogP contribution in [-0.4, -0.2) is 18.8 Å². The molecule has 1 rings (SSSR count). The van der Waals surface area contributed by atoms with Crippen LogP contribution in [0.1, 0.15) is 26.7 Å². The van der Waals surface area contributed by atoms with Crippen LogP contribution in [0.25, 0.3) is 0 Å². The van der Waals surface area contributed by atoms with Gasteiger partial charge >= 0.3 is 0 Å². The second kappa shape index (κ2) is 3.86. The summed E-state index contributed by atoms with van der Waals surface area (Å²) in [6, 6.07) is 0.0740. The van der Waals surface area contributed by atoms with Crippen LogP contribution < -0.4 is 5.32 Å². The summed E-state index contributed by atoms with van der Waals surface area (Å²) in [6.45, 7) is 4.84. The molecule has 0 spiro atoms. The highest BCUT2D eigenvalue weighted by Crippen LogP contribution is 2.14. The second-order valence-corrected chi connectivity index (χ2v) is 3.39. The zero-order chi connectivity index (χ0) is 8.27. The van der Waals surface area contributed by atoms with E-state index < -0.39 is 6.17 Å². The summed E-state index contributed by atoms with van der Waals surface area (Å²) in [6.07, 6.45) is 3.00. The molecule has 64 valence electrons. The van der Waals surface area contributed by atoms with Crippen LogP contribution in [0.3, 0.4) is 0 Å². The zero-order valence-electron chi connectivity index (χ0n) is 7.23. The highest BCUT2D eigenvalue weighted by Gasteiger charge is 2.21. The SMILES string of the molecule is CC(C)=CC(F)C1CCCN1. The summed E-state index contributed by atoms with van der Waals surface area (Å²) in [4.78, 5) is 0. The Morgan fingerprint density at radius 3 is 2.82 bits per heavy atom. The van der Waals surface area contributed by atoms with Gasteiger partial charge in [0, 0.05) is 6.04 Å². The molecule has 0 aromatic heterocycles. The molecule has 1 nitrogen and oxygen atoms in total. The lowest BCUT2D eigenvalue weighted by atomic mass is 10.1. The molecule has 0 amide bonds. The summed E-state index contributed by atoms with van der Waals surface area (Å²) in [5.41, 5.74) is 1.06. The predicted octanol–water partition coefficient (Wildman–Crippen LogP) is 2.04. The summed E-state index contributed by atoms with van der Waals surface area (Å²) in [5.74, 6) is 0. The molecule has 0 bridgehead atoms. The van der Waals surface area contributed by atoms with Crippen molar-refractivity contribution in [3.05, 3.63) is 11.6 Å². The van der Waals surface area contributed by atoms with Crippen molar-refractivity contribution in [3.63, 3.8) is 0 Å². The normalized spacial score (nSPS) is 26.6. The Hall–Kier alpha value is -0.370. The summed E-state index contributed by atoms with van der Waals surface area (Å²) in [5, 5.41) is 3.14. The molecule has 1 heterocycles. The van der Waals surface area contributed by atoms with E-state index in [-0.39, 0.29) is 6.04 Å². The highest BCUT2D eigenvalue weighted by atomic mass is 19.1. The van der Waals surface area contributed by atoms with E-state index in [1.165, 1.54) is 0 Å². The first kappa shape index (κ1) is 8.72. The van der Waals surface area contributed by atoms with E-state index in [0.717, 1.165) is 25.0 Å². The maximum absolute atomic E-state index is 13.2. The highest BCUT2D eigenvalue weighted by molar-refractivity contribution is 5.03. The van der Waals surface area contributed by atoms with Gasteiger partial charge in [-0.1, -0.05) is 11.6 Å². The van der Waals surface area contributed by atoms with Gasteiger partial charge in [0.1, 0.15) is 6.17 Å². The fourth-order valence-corrected chi connectivity index (χ4v) is 1.42. The Balaban J connectivity index is 2.40. The number of nitrogens with one attached hydrogen (secondary N) is 1. The van der Waals surface area contributed by atoms with Gasteiger partial charge in [0.25, 0.3) is 0 Å². The number of allylic oxidation sites excluding steroid dienone is 1. The molecule has 1 saturated heterocycles. The second-order valence-electron chi connectivity index (χ2n) is 3.39. The zero-order valence-corrected chi connectivity index (χ0v) is 7.23. The van der Waals surface area contributed by atoms with Crippen LogP contribution in [-0.2, 0) is 0 Å². The van der Waals surface area contributed by atoms with Gasteiger partial charge in [-0.2, -0.15) is 0 Å². The van der Waals surface area contributed by atoms with E-state index in [4.69, 9.17) is 0 Å². The molecule has 0 aliphatic carbocycles. The van der Waals surface area contributed by atoms with Gasteiger partial charge in [0.05, 0.1) is 0 Å². The first-order valence-electron chi connectivity index (χ1n) is 4.22. The van der Waals surface area contributed by atoms with Crippen LogP contribution in [0.15, 0.2) is 11.6 Å². The quantitative estimate of drug-likeness (QED) is 0.605. The molecule has 1 aliphatic rings. The third-order valence-corrected chi connectivity index (χ3v) is 1.98. The van der Waals surface area contributed by atoms with Gasteiger partial charge in [-0.05, 0) is 33.2 Å². The molecule has 2 atom stereocenters. The van der Waals surface area contributed by atoms with E-state index in [2.05, 4.69) is 5.32 Å². The fourth-order valence-electron chi connectivity index (χ4n) is 1.42. The van der Waals surface area contributed by atoms with Crippen molar-refractivity contribution in [2.24, 2.45) is 0 Å². The number of rotatable bonds is 2. The minimum absolute atomic E-state index is 0.0740. The fraction of sp³-hybridized carbons (Fsp3) is 0.778. The van der Waals surface area contributed by atoms with Crippen LogP contribution in [0.2, 0.25) is 0 Å². The van der Waals surface area contributed by atoms with Gasteiger partial charge in [0.2, 0.25) is 0 Å². The first-order chi connectivity index (χ1) is 5.20. The third kappa shape index (κ3) is 2.62. The largest absolute Gasteiger partial charge is 0.311 e. The van der Waals surface area contributed by atoms with Gasteiger partial charge < -0.3 is 5.32 Å². The maximum atomic E-state index is 13.2.